The number of anilines is 2. The van der Waals surface area contributed by atoms with E-state index in [1.807, 2.05) is 86.3 Å². The second-order valence-electron chi connectivity index (χ2n) is 8.86. The van der Waals surface area contributed by atoms with Crippen molar-refractivity contribution in [3.63, 3.8) is 0 Å². The topological polar surface area (TPSA) is 49.9 Å². The van der Waals surface area contributed by atoms with Crippen LogP contribution in [0.15, 0.2) is 72.4 Å². The Bertz CT molecular complexity index is 1290. The molecule has 5 nitrogen and oxygen atoms in total. The van der Waals surface area contributed by atoms with Crippen LogP contribution in [0.3, 0.4) is 0 Å². The highest BCUT2D eigenvalue weighted by Crippen LogP contribution is 2.40. The van der Waals surface area contributed by atoms with Crippen LogP contribution in [0.5, 0.6) is 5.75 Å². The van der Waals surface area contributed by atoms with E-state index in [1.54, 1.807) is 0 Å². The quantitative estimate of drug-likeness (QED) is 0.484. The van der Waals surface area contributed by atoms with Gasteiger partial charge in [0, 0.05) is 12.2 Å². The fraction of sp³-hybridized carbons (Fsp3) is 0.241. The number of nitrogens with zero attached hydrogens (tertiary/aromatic N) is 2. The van der Waals surface area contributed by atoms with Crippen molar-refractivity contribution in [1.82, 2.24) is 0 Å². The van der Waals surface area contributed by atoms with Gasteiger partial charge in [-0.05, 0) is 86.2 Å². The zero-order valence-electron chi connectivity index (χ0n) is 19.8. The van der Waals surface area contributed by atoms with Gasteiger partial charge in [-0.3, -0.25) is 9.59 Å². The Morgan fingerprint density at radius 3 is 2.29 bits per heavy atom. The molecule has 2 amide bonds. The SMILES string of the molecule is CCOc1ccc(C2=C(N3CCCc4ccccc43)C(=O)N(c3cc(C)cc(C)c3)C2=O)cc1. The lowest BCUT2D eigenvalue weighted by atomic mass is 9.98. The van der Waals surface area contributed by atoms with Gasteiger partial charge in [0.15, 0.2) is 0 Å². The number of aryl methyl sites for hydroxylation is 3. The minimum absolute atomic E-state index is 0.282. The van der Waals surface area contributed by atoms with Gasteiger partial charge in [-0.15, -0.1) is 0 Å². The van der Waals surface area contributed by atoms with Crippen molar-refractivity contribution in [3.8, 4) is 5.75 Å². The highest BCUT2D eigenvalue weighted by atomic mass is 16.5. The van der Waals surface area contributed by atoms with Crippen molar-refractivity contribution >= 4 is 28.8 Å². The van der Waals surface area contributed by atoms with E-state index in [4.69, 9.17) is 4.74 Å². The van der Waals surface area contributed by atoms with Gasteiger partial charge in [0.1, 0.15) is 11.4 Å². The first-order valence-corrected chi connectivity index (χ1v) is 11.8. The minimum Gasteiger partial charge on any atom is -0.494 e. The molecule has 0 saturated heterocycles. The summed E-state index contributed by atoms with van der Waals surface area (Å²) in [4.78, 5) is 31.3. The summed E-state index contributed by atoms with van der Waals surface area (Å²) in [5.41, 5.74) is 6.41. The molecular weight excluding hydrogens is 424 g/mol. The first kappa shape index (κ1) is 22.0. The van der Waals surface area contributed by atoms with Crippen LogP contribution in [0.4, 0.5) is 11.4 Å². The Morgan fingerprint density at radius 2 is 1.59 bits per heavy atom. The number of benzene rings is 3. The van der Waals surface area contributed by atoms with Crippen LogP contribution in [0.1, 0.15) is 35.6 Å². The molecule has 2 heterocycles. The van der Waals surface area contributed by atoms with Gasteiger partial charge in [0.05, 0.1) is 17.9 Å². The Morgan fingerprint density at radius 1 is 0.882 bits per heavy atom. The maximum atomic E-state index is 14.0. The van der Waals surface area contributed by atoms with Gasteiger partial charge in [-0.25, -0.2) is 4.90 Å². The maximum absolute atomic E-state index is 14.0. The first-order valence-electron chi connectivity index (χ1n) is 11.8. The largest absolute Gasteiger partial charge is 0.494 e. The summed E-state index contributed by atoms with van der Waals surface area (Å²) >= 11 is 0. The molecule has 0 aromatic heterocycles. The van der Waals surface area contributed by atoms with E-state index in [-0.39, 0.29) is 11.8 Å². The van der Waals surface area contributed by atoms with Crippen molar-refractivity contribution in [2.45, 2.75) is 33.6 Å². The average molecular weight is 453 g/mol. The van der Waals surface area contributed by atoms with Gasteiger partial charge < -0.3 is 9.64 Å². The van der Waals surface area contributed by atoms with Crippen LogP contribution in [0.2, 0.25) is 0 Å². The lowest BCUT2D eigenvalue weighted by molar-refractivity contribution is -0.120. The van der Waals surface area contributed by atoms with Gasteiger partial charge in [0.25, 0.3) is 11.8 Å². The number of carbonyl (C=O) groups is 2. The average Bonchev–Trinajstić information content (AvgIpc) is 3.08. The standard InChI is InChI=1S/C29H28N2O3/c1-4-34-24-13-11-22(12-14-24)26-27(30-15-7-9-21-8-5-6-10-25(21)30)29(33)31(28(26)32)23-17-19(2)16-20(3)18-23/h5-6,8,10-14,16-18H,4,7,9,15H2,1-3H3. The molecule has 34 heavy (non-hydrogen) atoms. The highest BCUT2D eigenvalue weighted by molar-refractivity contribution is 6.46. The number of ether oxygens (including phenoxy) is 1. The van der Waals surface area contributed by atoms with E-state index >= 15 is 0 Å². The molecule has 172 valence electrons. The number of hydrogen-bond donors (Lipinski definition) is 0. The van der Waals surface area contributed by atoms with E-state index in [1.165, 1.54) is 10.5 Å². The molecule has 0 unspecified atom stereocenters. The summed E-state index contributed by atoms with van der Waals surface area (Å²) in [5, 5.41) is 0. The summed E-state index contributed by atoms with van der Waals surface area (Å²) in [6, 6.07) is 21.4. The lowest BCUT2D eigenvalue weighted by Crippen LogP contribution is -2.37. The van der Waals surface area contributed by atoms with Crippen LogP contribution in [-0.2, 0) is 16.0 Å². The molecule has 0 saturated carbocycles. The second kappa shape index (κ2) is 8.82. The minimum atomic E-state index is -0.294. The number of hydrogen-bond acceptors (Lipinski definition) is 4. The van der Waals surface area contributed by atoms with Crippen LogP contribution in [0, 0.1) is 13.8 Å². The number of para-hydroxylation sites is 1. The van der Waals surface area contributed by atoms with Crippen molar-refractivity contribution in [3.05, 3.63) is 94.7 Å². The third kappa shape index (κ3) is 3.77. The number of imide groups is 1. The van der Waals surface area contributed by atoms with Gasteiger partial charge in [-0.1, -0.05) is 36.4 Å². The molecule has 3 aromatic rings. The van der Waals surface area contributed by atoms with Gasteiger partial charge >= 0.3 is 0 Å². The predicted octanol–water partition coefficient (Wildman–Crippen LogP) is 5.44. The summed E-state index contributed by atoms with van der Waals surface area (Å²) in [6.45, 7) is 7.14. The van der Waals surface area contributed by atoms with E-state index in [2.05, 4.69) is 6.07 Å². The first-order chi connectivity index (χ1) is 16.5. The molecule has 0 spiro atoms. The fourth-order valence-corrected chi connectivity index (χ4v) is 4.99. The zero-order chi connectivity index (χ0) is 23.8. The van der Waals surface area contributed by atoms with E-state index < -0.39 is 0 Å². The predicted molar refractivity (Wildman–Crippen MR) is 135 cm³/mol. The molecule has 0 N–H and O–H groups in total. The van der Waals surface area contributed by atoms with Crippen LogP contribution >= 0.6 is 0 Å². The van der Waals surface area contributed by atoms with Crippen LogP contribution < -0.4 is 14.5 Å². The summed E-state index contributed by atoms with van der Waals surface area (Å²) < 4.78 is 5.59. The van der Waals surface area contributed by atoms with E-state index in [0.29, 0.717) is 35.7 Å². The Kier molecular flexibility index (Phi) is 5.70. The third-order valence-corrected chi connectivity index (χ3v) is 6.36. The summed E-state index contributed by atoms with van der Waals surface area (Å²) in [5.74, 6) is 0.160. The molecule has 0 bridgehead atoms. The van der Waals surface area contributed by atoms with Gasteiger partial charge in [0.2, 0.25) is 0 Å². The van der Waals surface area contributed by atoms with Crippen molar-refractivity contribution < 1.29 is 14.3 Å². The monoisotopic (exact) mass is 452 g/mol. The van der Waals surface area contributed by atoms with E-state index in [0.717, 1.165) is 35.4 Å². The highest BCUT2D eigenvalue weighted by Gasteiger charge is 2.43. The normalized spacial score (nSPS) is 15.7. The molecule has 0 radical (unpaired) electrons. The Balaban J connectivity index is 1.67. The third-order valence-electron chi connectivity index (χ3n) is 6.36. The summed E-state index contributed by atoms with van der Waals surface area (Å²) in [6.07, 6.45) is 1.88. The molecular formula is C29H28N2O3. The Hall–Kier alpha value is -3.86. The van der Waals surface area contributed by atoms with Crippen LogP contribution in [0.25, 0.3) is 5.57 Å². The van der Waals surface area contributed by atoms with Crippen molar-refractivity contribution in [1.29, 1.82) is 0 Å². The molecule has 5 rings (SSSR count). The maximum Gasteiger partial charge on any atom is 0.282 e. The molecule has 2 aliphatic rings. The molecule has 5 heteroatoms. The summed E-state index contributed by atoms with van der Waals surface area (Å²) in [7, 11) is 0. The second-order valence-corrected chi connectivity index (χ2v) is 8.86. The fourth-order valence-electron chi connectivity index (χ4n) is 4.99. The molecule has 3 aromatic carbocycles. The Labute approximate surface area is 200 Å². The number of fused-ring (bicyclic) bond motifs is 1. The van der Waals surface area contributed by atoms with Crippen LogP contribution in [-0.4, -0.2) is 25.0 Å². The number of amides is 2. The smallest absolute Gasteiger partial charge is 0.282 e. The lowest BCUT2D eigenvalue weighted by Gasteiger charge is -2.32. The van der Waals surface area contributed by atoms with Crippen molar-refractivity contribution in [2.75, 3.05) is 23.0 Å². The number of rotatable bonds is 5. The molecule has 0 aliphatic carbocycles. The molecule has 0 atom stereocenters. The molecule has 0 fully saturated rings. The molecule has 2 aliphatic heterocycles. The van der Waals surface area contributed by atoms with E-state index in [9.17, 15) is 9.59 Å². The zero-order valence-corrected chi connectivity index (χ0v) is 19.8. The number of carbonyl (C=O) groups excluding carboxylic acids is 2. The van der Waals surface area contributed by atoms with Crippen molar-refractivity contribution in [2.24, 2.45) is 0 Å². The van der Waals surface area contributed by atoms with Gasteiger partial charge in [-0.2, -0.15) is 0 Å².